The van der Waals surface area contributed by atoms with E-state index in [4.69, 9.17) is 5.73 Å². The lowest BCUT2D eigenvalue weighted by molar-refractivity contribution is 1.21. The Morgan fingerprint density at radius 3 is 2.95 bits per heavy atom. The molecule has 7 nitrogen and oxygen atoms in total. The van der Waals surface area contributed by atoms with E-state index in [-0.39, 0.29) is 5.95 Å². The van der Waals surface area contributed by atoms with Crippen LogP contribution in [0.1, 0.15) is 0 Å². The Morgan fingerprint density at radius 1 is 1.15 bits per heavy atom. The number of H-pyrrole nitrogens is 1. The van der Waals surface area contributed by atoms with Crippen LogP contribution in [0.2, 0.25) is 0 Å². The number of fused-ring (bicyclic) bond motifs is 2. The first-order valence-corrected chi connectivity index (χ1v) is 6.70. The summed E-state index contributed by atoms with van der Waals surface area (Å²) in [6, 6.07) is 7.94. The molecule has 3 heterocycles. The minimum Gasteiger partial charge on any atom is -0.368 e. The average molecular weight is 283 g/mol. The Bertz CT molecular complexity index is 877. The number of imidazole rings is 1. The molecule has 3 aromatic heterocycles. The number of nitrogens with zero attached hydrogens (tertiary/aromatic N) is 4. The van der Waals surface area contributed by atoms with Gasteiger partial charge in [0.1, 0.15) is 5.52 Å². The standard InChI is InChI=1S/C12H9N7S/c13-11-17-9-8(14-5-15-9)10(18-11)19-12-16-6-3-1-2-4-7(6)20-12/h1-5H,(H4,13,14,15,16,17,18,19). The maximum absolute atomic E-state index is 5.68. The van der Waals surface area contributed by atoms with Crippen LogP contribution in [0.25, 0.3) is 21.4 Å². The Morgan fingerprint density at radius 2 is 2.05 bits per heavy atom. The van der Waals surface area contributed by atoms with E-state index in [1.54, 1.807) is 17.7 Å². The molecule has 0 aliphatic rings. The van der Waals surface area contributed by atoms with Crippen molar-refractivity contribution < 1.29 is 0 Å². The summed E-state index contributed by atoms with van der Waals surface area (Å²) in [6.07, 6.45) is 1.56. The van der Waals surface area contributed by atoms with Crippen LogP contribution >= 0.6 is 11.3 Å². The maximum atomic E-state index is 5.68. The van der Waals surface area contributed by atoms with Gasteiger partial charge >= 0.3 is 0 Å². The van der Waals surface area contributed by atoms with Gasteiger partial charge in [-0.05, 0) is 12.1 Å². The number of aromatic nitrogens is 5. The van der Waals surface area contributed by atoms with E-state index in [1.165, 1.54) is 0 Å². The number of rotatable bonds is 2. The van der Waals surface area contributed by atoms with Crippen molar-refractivity contribution in [2.45, 2.75) is 0 Å². The van der Waals surface area contributed by atoms with Gasteiger partial charge in [-0.25, -0.2) is 9.97 Å². The van der Waals surface area contributed by atoms with Gasteiger partial charge in [0, 0.05) is 0 Å². The molecule has 4 rings (SSSR count). The molecule has 0 spiro atoms. The van der Waals surface area contributed by atoms with Crippen molar-refractivity contribution in [2.75, 3.05) is 11.1 Å². The molecule has 0 amide bonds. The molecule has 0 radical (unpaired) electrons. The van der Waals surface area contributed by atoms with Gasteiger partial charge in [-0.1, -0.05) is 23.5 Å². The summed E-state index contributed by atoms with van der Waals surface area (Å²) >= 11 is 1.55. The second kappa shape index (κ2) is 4.14. The SMILES string of the molecule is Nc1nc(Nc2nc3ccccc3s2)c2[nH]cnc2n1. The quantitative estimate of drug-likeness (QED) is 0.521. The molecule has 0 saturated heterocycles. The molecule has 20 heavy (non-hydrogen) atoms. The lowest BCUT2D eigenvalue weighted by atomic mass is 10.3. The van der Waals surface area contributed by atoms with E-state index in [0.717, 1.165) is 15.3 Å². The lowest BCUT2D eigenvalue weighted by Gasteiger charge is -2.02. The fourth-order valence-electron chi connectivity index (χ4n) is 1.97. The number of para-hydroxylation sites is 1. The summed E-state index contributed by atoms with van der Waals surface area (Å²) in [4.78, 5) is 19.8. The molecular weight excluding hydrogens is 274 g/mol. The number of hydrogen-bond acceptors (Lipinski definition) is 7. The Hall–Kier alpha value is -2.74. The van der Waals surface area contributed by atoms with Crippen LogP contribution < -0.4 is 11.1 Å². The first-order chi connectivity index (χ1) is 9.79. The van der Waals surface area contributed by atoms with Gasteiger partial charge in [0.15, 0.2) is 16.6 Å². The molecular formula is C12H9N7S. The number of thiazole rings is 1. The molecule has 4 N–H and O–H groups in total. The van der Waals surface area contributed by atoms with Gasteiger partial charge in [0.25, 0.3) is 0 Å². The number of nitrogens with one attached hydrogen (secondary N) is 2. The van der Waals surface area contributed by atoms with Crippen molar-refractivity contribution in [1.29, 1.82) is 0 Å². The van der Waals surface area contributed by atoms with E-state index in [1.807, 2.05) is 24.3 Å². The molecule has 0 saturated carbocycles. The highest BCUT2D eigenvalue weighted by Gasteiger charge is 2.10. The highest BCUT2D eigenvalue weighted by Crippen LogP contribution is 2.29. The number of aromatic amines is 1. The van der Waals surface area contributed by atoms with E-state index < -0.39 is 0 Å². The minimum atomic E-state index is 0.174. The van der Waals surface area contributed by atoms with Crippen LogP contribution in [-0.4, -0.2) is 24.9 Å². The van der Waals surface area contributed by atoms with Crippen molar-refractivity contribution >= 4 is 49.6 Å². The molecule has 4 aromatic rings. The molecule has 0 bridgehead atoms. The summed E-state index contributed by atoms with van der Waals surface area (Å²) in [6.45, 7) is 0. The fourth-order valence-corrected chi connectivity index (χ4v) is 2.83. The second-order valence-electron chi connectivity index (χ2n) is 4.14. The fraction of sp³-hybridized carbons (Fsp3) is 0. The van der Waals surface area contributed by atoms with Crippen molar-refractivity contribution in [2.24, 2.45) is 0 Å². The smallest absolute Gasteiger partial charge is 0.224 e. The largest absolute Gasteiger partial charge is 0.368 e. The normalized spacial score (nSPS) is 11.2. The summed E-state index contributed by atoms with van der Waals surface area (Å²) in [5.74, 6) is 0.747. The van der Waals surface area contributed by atoms with Crippen LogP contribution in [0, 0.1) is 0 Å². The zero-order valence-electron chi connectivity index (χ0n) is 10.2. The van der Waals surface area contributed by atoms with Crippen molar-refractivity contribution in [1.82, 2.24) is 24.9 Å². The molecule has 0 unspecified atom stereocenters. The number of anilines is 3. The number of nitrogens with two attached hydrogens (primary N) is 1. The van der Waals surface area contributed by atoms with Gasteiger partial charge in [0.2, 0.25) is 5.95 Å². The highest BCUT2D eigenvalue weighted by molar-refractivity contribution is 7.22. The predicted octanol–water partition coefficient (Wildman–Crippen LogP) is 2.29. The Kier molecular flexibility index (Phi) is 2.30. The number of nitrogen functional groups attached to an aromatic ring is 1. The minimum absolute atomic E-state index is 0.174. The summed E-state index contributed by atoms with van der Waals surface area (Å²) in [7, 11) is 0. The summed E-state index contributed by atoms with van der Waals surface area (Å²) in [5, 5.41) is 3.92. The van der Waals surface area contributed by atoms with Gasteiger partial charge in [-0.2, -0.15) is 9.97 Å². The number of benzene rings is 1. The monoisotopic (exact) mass is 283 g/mol. The van der Waals surface area contributed by atoms with Crippen molar-refractivity contribution in [3.05, 3.63) is 30.6 Å². The van der Waals surface area contributed by atoms with Gasteiger partial charge < -0.3 is 16.0 Å². The molecule has 98 valence electrons. The summed E-state index contributed by atoms with van der Waals surface area (Å²) in [5.41, 5.74) is 7.86. The first kappa shape index (κ1) is 11.1. The molecule has 0 aliphatic heterocycles. The van der Waals surface area contributed by atoms with Crippen LogP contribution in [0.3, 0.4) is 0 Å². The van der Waals surface area contributed by atoms with Crippen LogP contribution in [0.15, 0.2) is 30.6 Å². The van der Waals surface area contributed by atoms with Crippen molar-refractivity contribution in [3.63, 3.8) is 0 Å². The number of hydrogen-bond donors (Lipinski definition) is 3. The van der Waals surface area contributed by atoms with E-state index >= 15 is 0 Å². The Labute approximate surface area is 116 Å². The second-order valence-corrected chi connectivity index (χ2v) is 5.17. The van der Waals surface area contributed by atoms with E-state index in [9.17, 15) is 0 Å². The van der Waals surface area contributed by atoms with Crippen LogP contribution in [0.4, 0.5) is 16.9 Å². The highest BCUT2D eigenvalue weighted by atomic mass is 32.1. The molecule has 0 fully saturated rings. The Balaban J connectivity index is 1.81. The third-order valence-electron chi connectivity index (χ3n) is 2.82. The van der Waals surface area contributed by atoms with Crippen LogP contribution in [-0.2, 0) is 0 Å². The van der Waals surface area contributed by atoms with Gasteiger partial charge in [-0.3, -0.25) is 0 Å². The molecule has 1 aromatic carbocycles. The maximum Gasteiger partial charge on any atom is 0.224 e. The summed E-state index contributed by atoms with van der Waals surface area (Å²) < 4.78 is 1.11. The van der Waals surface area contributed by atoms with E-state index in [0.29, 0.717) is 17.0 Å². The predicted molar refractivity (Wildman–Crippen MR) is 79.0 cm³/mol. The van der Waals surface area contributed by atoms with Crippen molar-refractivity contribution in [3.8, 4) is 0 Å². The average Bonchev–Trinajstić information content (AvgIpc) is 3.03. The molecule has 0 atom stereocenters. The van der Waals surface area contributed by atoms with Gasteiger partial charge in [0.05, 0.1) is 16.5 Å². The molecule has 8 heteroatoms. The first-order valence-electron chi connectivity index (χ1n) is 5.89. The molecule has 0 aliphatic carbocycles. The van der Waals surface area contributed by atoms with Gasteiger partial charge in [-0.15, -0.1) is 0 Å². The van der Waals surface area contributed by atoms with Crippen LogP contribution in [0.5, 0.6) is 0 Å². The lowest BCUT2D eigenvalue weighted by Crippen LogP contribution is -2.01. The zero-order valence-corrected chi connectivity index (χ0v) is 11.0. The topological polar surface area (TPSA) is 105 Å². The van der Waals surface area contributed by atoms with E-state index in [2.05, 4.69) is 30.2 Å². The zero-order chi connectivity index (χ0) is 13.5. The third kappa shape index (κ3) is 1.74. The third-order valence-corrected chi connectivity index (χ3v) is 3.77.